The Kier molecular flexibility index (Phi) is 5.41. The fourth-order valence-corrected chi connectivity index (χ4v) is 3.69. The lowest BCUT2D eigenvalue weighted by Crippen LogP contribution is -2.29. The van der Waals surface area contributed by atoms with Gasteiger partial charge < -0.3 is 19.9 Å². The molecular formula is C18H28N2O3. The molecule has 2 saturated heterocycles. The molecule has 2 aliphatic heterocycles. The molecule has 2 aliphatic rings. The van der Waals surface area contributed by atoms with Crippen molar-refractivity contribution in [2.24, 2.45) is 11.7 Å². The number of benzene rings is 1. The molecule has 0 aromatic heterocycles. The first-order valence-corrected chi connectivity index (χ1v) is 8.54. The van der Waals surface area contributed by atoms with Crippen LogP contribution in [0.4, 0.5) is 0 Å². The molecule has 3 rings (SSSR count). The van der Waals surface area contributed by atoms with E-state index in [4.69, 9.17) is 19.9 Å². The number of nitrogens with zero attached hydrogens (tertiary/aromatic N) is 1. The summed E-state index contributed by atoms with van der Waals surface area (Å²) in [6.45, 7) is 3.26. The summed E-state index contributed by atoms with van der Waals surface area (Å²) in [6.07, 6.45) is 3.25. The smallest absolute Gasteiger partial charge is 0.166 e. The lowest BCUT2D eigenvalue weighted by Gasteiger charge is -2.28. The van der Waals surface area contributed by atoms with Crippen LogP contribution < -0.4 is 15.2 Å². The number of para-hydroxylation sites is 1. The zero-order valence-electron chi connectivity index (χ0n) is 14.2. The third-order valence-corrected chi connectivity index (χ3v) is 4.96. The largest absolute Gasteiger partial charge is 0.493 e. The minimum absolute atomic E-state index is 0.107. The Morgan fingerprint density at radius 1 is 1.39 bits per heavy atom. The predicted molar refractivity (Wildman–Crippen MR) is 90.0 cm³/mol. The fourth-order valence-electron chi connectivity index (χ4n) is 3.69. The summed E-state index contributed by atoms with van der Waals surface area (Å²) in [5, 5.41) is 0. The van der Waals surface area contributed by atoms with Crippen LogP contribution in [0.15, 0.2) is 18.2 Å². The Morgan fingerprint density at radius 3 is 2.91 bits per heavy atom. The third-order valence-electron chi connectivity index (χ3n) is 4.96. The Labute approximate surface area is 138 Å². The average molecular weight is 320 g/mol. The van der Waals surface area contributed by atoms with Crippen molar-refractivity contribution in [3.63, 3.8) is 0 Å². The van der Waals surface area contributed by atoms with Gasteiger partial charge in [0.25, 0.3) is 0 Å². The van der Waals surface area contributed by atoms with E-state index in [-0.39, 0.29) is 6.10 Å². The molecule has 0 saturated carbocycles. The maximum Gasteiger partial charge on any atom is 0.166 e. The quantitative estimate of drug-likeness (QED) is 0.901. The summed E-state index contributed by atoms with van der Waals surface area (Å²) in [6, 6.07) is 6.50. The number of nitrogens with two attached hydrogens (primary N) is 1. The van der Waals surface area contributed by atoms with E-state index < -0.39 is 0 Å². The van der Waals surface area contributed by atoms with E-state index in [0.29, 0.717) is 18.6 Å². The Hall–Kier alpha value is -1.30. The monoisotopic (exact) mass is 320 g/mol. The first-order valence-electron chi connectivity index (χ1n) is 8.54. The van der Waals surface area contributed by atoms with Crippen molar-refractivity contribution in [1.29, 1.82) is 0 Å². The van der Waals surface area contributed by atoms with Crippen LogP contribution in [-0.4, -0.2) is 51.5 Å². The minimum Gasteiger partial charge on any atom is -0.493 e. The molecule has 2 heterocycles. The maximum absolute atomic E-state index is 6.33. The summed E-state index contributed by atoms with van der Waals surface area (Å²) < 4.78 is 17.5. The molecule has 0 radical (unpaired) electrons. The highest BCUT2D eigenvalue weighted by Gasteiger charge is 2.33. The van der Waals surface area contributed by atoms with Crippen molar-refractivity contribution in [2.75, 3.05) is 40.5 Å². The van der Waals surface area contributed by atoms with Gasteiger partial charge in [0.2, 0.25) is 0 Å². The first-order chi connectivity index (χ1) is 11.2. The maximum atomic E-state index is 6.33. The molecule has 0 spiro atoms. The fraction of sp³-hybridized carbons (Fsp3) is 0.667. The lowest BCUT2D eigenvalue weighted by atomic mass is 9.98. The normalized spacial score (nSPS) is 28.7. The van der Waals surface area contributed by atoms with E-state index in [1.807, 2.05) is 12.1 Å². The number of ether oxygens (including phenoxy) is 3. The van der Waals surface area contributed by atoms with Crippen LogP contribution >= 0.6 is 0 Å². The molecular weight excluding hydrogens is 292 g/mol. The second-order valence-electron chi connectivity index (χ2n) is 6.63. The number of hydrogen-bond acceptors (Lipinski definition) is 5. The molecule has 1 aromatic carbocycles. The van der Waals surface area contributed by atoms with E-state index in [9.17, 15) is 0 Å². The van der Waals surface area contributed by atoms with Gasteiger partial charge >= 0.3 is 0 Å². The average Bonchev–Trinajstić information content (AvgIpc) is 2.97. The summed E-state index contributed by atoms with van der Waals surface area (Å²) in [7, 11) is 3.86. The van der Waals surface area contributed by atoms with Crippen molar-refractivity contribution in [2.45, 2.75) is 31.4 Å². The second-order valence-corrected chi connectivity index (χ2v) is 6.63. The van der Waals surface area contributed by atoms with Crippen LogP contribution in [0.3, 0.4) is 0 Å². The van der Waals surface area contributed by atoms with Crippen molar-refractivity contribution in [1.82, 2.24) is 4.90 Å². The van der Waals surface area contributed by atoms with Gasteiger partial charge in [-0.3, -0.25) is 4.90 Å². The van der Waals surface area contributed by atoms with Gasteiger partial charge in [0.05, 0.1) is 13.7 Å². The minimum atomic E-state index is 0.107. The molecule has 0 aliphatic carbocycles. The summed E-state index contributed by atoms with van der Waals surface area (Å²) in [4.78, 5) is 2.37. The third kappa shape index (κ3) is 3.62. The van der Waals surface area contributed by atoms with Crippen LogP contribution in [-0.2, 0) is 4.74 Å². The zero-order chi connectivity index (χ0) is 16.2. The van der Waals surface area contributed by atoms with Crippen LogP contribution in [0.2, 0.25) is 0 Å². The Balaban J connectivity index is 1.87. The summed E-state index contributed by atoms with van der Waals surface area (Å²) >= 11 is 0. The van der Waals surface area contributed by atoms with Crippen LogP contribution in [0.5, 0.6) is 11.5 Å². The van der Waals surface area contributed by atoms with Gasteiger partial charge in [-0.15, -0.1) is 0 Å². The molecule has 23 heavy (non-hydrogen) atoms. The standard InChI is InChI=1S/C18H28N2O3/c1-20-11-13(10-19)9-16(20)15-6-3-7-17(21-2)18(15)23-14-5-4-8-22-12-14/h3,6-7,13-14,16H,4-5,8-12,19H2,1-2H3. The Morgan fingerprint density at radius 2 is 2.26 bits per heavy atom. The number of methoxy groups -OCH3 is 1. The molecule has 0 amide bonds. The second kappa shape index (κ2) is 7.51. The highest BCUT2D eigenvalue weighted by Crippen LogP contribution is 2.43. The molecule has 3 atom stereocenters. The zero-order valence-corrected chi connectivity index (χ0v) is 14.2. The van der Waals surface area contributed by atoms with Gasteiger partial charge in [0, 0.05) is 24.8 Å². The van der Waals surface area contributed by atoms with E-state index in [0.717, 1.165) is 50.5 Å². The first kappa shape index (κ1) is 16.6. The Bertz CT molecular complexity index is 517. The van der Waals surface area contributed by atoms with Gasteiger partial charge in [0.15, 0.2) is 11.5 Å². The molecule has 2 N–H and O–H groups in total. The van der Waals surface area contributed by atoms with Gasteiger partial charge in [-0.05, 0) is 44.8 Å². The summed E-state index contributed by atoms with van der Waals surface area (Å²) in [5.74, 6) is 2.22. The molecule has 128 valence electrons. The van der Waals surface area contributed by atoms with E-state index in [1.54, 1.807) is 7.11 Å². The van der Waals surface area contributed by atoms with Gasteiger partial charge in [-0.25, -0.2) is 0 Å². The summed E-state index contributed by atoms with van der Waals surface area (Å²) in [5.41, 5.74) is 7.08. The number of rotatable bonds is 5. The number of hydrogen-bond donors (Lipinski definition) is 1. The van der Waals surface area contributed by atoms with Crippen molar-refractivity contribution >= 4 is 0 Å². The molecule has 5 heteroatoms. The van der Waals surface area contributed by atoms with Gasteiger partial charge in [0.1, 0.15) is 6.10 Å². The van der Waals surface area contributed by atoms with Gasteiger partial charge in [-0.1, -0.05) is 12.1 Å². The molecule has 1 aromatic rings. The number of likely N-dealkylation sites (tertiary alicyclic amines) is 1. The molecule has 2 fully saturated rings. The lowest BCUT2D eigenvalue weighted by molar-refractivity contribution is 0.00559. The van der Waals surface area contributed by atoms with E-state index in [1.165, 1.54) is 5.56 Å². The topological polar surface area (TPSA) is 57.0 Å². The van der Waals surface area contributed by atoms with Crippen LogP contribution in [0.25, 0.3) is 0 Å². The highest BCUT2D eigenvalue weighted by atomic mass is 16.5. The van der Waals surface area contributed by atoms with E-state index >= 15 is 0 Å². The van der Waals surface area contributed by atoms with E-state index in [2.05, 4.69) is 18.0 Å². The SMILES string of the molecule is COc1cccc(C2CC(CN)CN2C)c1OC1CCCOC1. The van der Waals surface area contributed by atoms with Crippen LogP contribution in [0, 0.1) is 5.92 Å². The molecule has 5 nitrogen and oxygen atoms in total. The van der Waals surface area contributed by atoms with Gasteiger partial charge in [-0.2, -0.15) is 0 Å². The van der Waals surface area contributed by atoms with Crippen molar-refractivity contribution in [3.05, 3.63) is 23.8 Å². The molecule has 0 bridgehead atoms. The van der Waals surface area contributed by atoms with Crippen molar-refractivity contribution < 1.29 is 14.2 Å². The predicted octanol–water partition coefficient (Wildman–Crippen LogP) is 2.20. The van der Waals surface area contributed by atoms with Crippen molar-refractivity contribution in [3.8, 4) is 11.5 Å². The molecule has 3 unspecified atom stereocenters. The van der Waals surface area contributed by atoms with Crippen LogP contribution in [0.1, 0.15) is 30.9 Å². The highest BCUT2D eigenvalue weighted by molar-refractivity contribution is 5.48.